The Kier molecular flexibility index (Phi) is 4.86. The van der Waals surface area contributed by atoms with Crippen molar-refractivity contribution >= 4 is 18.6 Å². The van der Waals surface area contributed by atoms with Crippen LogP contribution in [-0.2, 0) is 25.3 Å². The van der Waals surface area contributed by atoms with Gasteiger partial charge in [0.2, 0.25) is 0 Å². The molecule has 0 aromatic heterocycles. The maximum Gasteiger partial charge on any atom is 0.497 e. The highest BCUT2D eigenvalue weighted by Crippen LogP contribution is 2.36. The molecule has 0 amide bonds. The third-order valence-electron chi connectivity index (χ3n) is 4.34. The van der Waals surface area contributed by atoms with E-state index in [1.807, 2.05) is 27.7 Å². The van der Waals surface area contributed by atoms with Crippen molar-refractivity contribution in [1.29, 1.82) is 0 Å². The number of rotatable bonds is 3. The molecule has 0 bridgehead atoms. The summed E-state index contributed by atoms with van der Waals surface area (Å²) in [5.41, 5.74) is -0.722. The average molecular weight is 336 g/mol. The molecule has 6 heteroatoms. The van der Waals surface area contributed by atoms with E-state index in [1.165, 1.54) is 6.07 Å². The molecule has 0 atom stereocenters. The minimum Gasteiger partial charge on any atom is -0.460 e. The van der Waals surface area contributed by atoms with Gasteiger partial charge in [-0.25, -0.2) is 4.39 Å². The fourth-order valence-electron chi connectivity index (χ4n) is 2.39. The molecular weight excluding hydrogens is 310 g/mol. The van der Waals surface area contributed by atoms with Crippen LogP contribution < -0.4 is 5.46 Å². The Morgan fingerprint density at radius 1 is 1.17 bits per heavy atom. The summed E-state index contributed by atoms with van der Waals surface area (Å²) < 4.78 is 31.5. The molecule has 1 saturated heterocycles. The van der Waals surface area contributed by atoms with E-state index in [4.69, 9.17) is 14.0 Å². The van der Waals surface area contributed by atoms with Gasteiger partial charge in [0.15, 0.2) is 0 Å². The van der Waals surface area contributed by atoms with E-state index in [-0.39, 0.29) is 12.4 Å². The quantitative estimate of drug-likeness (QED) is 0.629. The lowest BCUT2D eigenvalue weighted by Crippen LogP contribution is -2.41. The summed E-state index contributed by atoms with van der Waals surface area (Å²) in [6, 6.07) is 4.65. The minimum atomic E-state index is -0.759. The van der Waals surface area contributed by atoms with Crippen LogP contribution in [-0.4, -0.2) is 29.9 Å². The lowest BCUT2D eigenvalue weighted by molar-refractivity contribution is -0.153. The van der Waals surface area contributed by atoms with E-state index in [0.29, 0.717) is 11.0 Å². The van der Waals surface area contributed by atoms with Gasteiger partial charge in [0.25, 0.3) is 0 Å². The van der Waals surface area contributed by atoms with Crippen molar-refractivity contribution in [2.45, 2.75) is 71.7 Å². The molecule has 0 saturated carbocycles. The largest absolute Gasteiger partial charge is 0.497 e. The molecule has 0 spiro atoms. The maximum atomic E-state index is 14.5. The lowest BCUT2D eigenvalue weighted by atomic mass is 9.78. The van der Waals surface area contributed by atoms with Gasteiger partial charge in [-0.15, -0.1) is 0 Å². The number of esters is 1. The van der Waals surface area contributed by atoms with Crippen LogP contribution >= 0.6 is 0 Å². The fourth-order valence-corrected chi connectivity index (χ4v) is 2.39. The van der Waals surface area contributed by atoms with Gasteiger partial charge >= 0.3 is 13.1 Å². The van der Waals surface area contributed by atoms with E-state index in [0.717, 1.165) is 0 Å². The van der Waals surface area contributed by atoms with Crippen molar-refractivity contribution in [3.05, 3.63) is 29.6 Å². The van der Waals surface area contributed by atoms with Gasteiger partial charge in [-0.05, 0) is 60.1 Å². The smallest absolute Gasteiger partial charge is 0.460 e. The van der Waals surface area contributed by atoms with E-state index in [9.17, 15) is 9.18 Å². The summed E-state index contributed by atoms with van der Waals surface area (Å²) in [5, 5.41) is 0. The number of hydrogen-bond donors (Lipinski definition) is 0. The summed E-state index contributed by atoms with van der Waals surface area (Å²) in [5.74, 6) is -0.833. The van der Waals surface area contributed by atoms with Crippen molar-refractivity contribution in [1.82, 2.24) is 0 Å². The number of carbonyl (C=O) groups is 1. The molecule has 2 rings (SSSR count). The predicted molar refractivity (Wildman–Crippen MR) is 91.7 cm³/mol. The molecule has 0 unspecified atom stereocenters. The van der Waals surface area contributed by atoms with Gasteiger partial charge in [0, 0.05) is 5.46 Å². The SMILES string of the molecule is CC(C)(C)OC(=O)Cc1ccc(B2OC(C)(C)C(C)(C)O2)c(F)c1. The number of carbonyl (C=O) groups excluding carboxylic acids is 1. The normalized spacial score (nSPS) is 19.4. The molecule has 4 nitrogen and oxygen atoms in total. The van der Waals surface area contributed by atoms with Gasteiger partial charge in [-0.2, -0.15) is 0 Å². The lowest BCUT2D eigenvalue weighted by Gasteiger charge is -2.32. The monoisotopic (exact) mass is 336 g/mol. The summed E-state index contributed by atoms with van der Waals surface area (Å²) in [4.78, 5) is 11.9. The molecule has 132 valence electrons. The Hall–Kier alpha value is -1.40. The first kappa shape index (κ1) is 18.9. The Morgan fingerprint density at radius 2 is 1.71 bits per heavy atom. The standard InChI is InChI=1S/C18H26BFO4/c1-16(2,3)22-15(21)11-12-8-9-13(14(20)10-12)19-23-17(4,5)18(6,7)24-19/h8-10H,11H2,1-7H3. The third-order valence-corrected chi connectivity index (χ3v) is 4.34. The van der Waals surface area contributed by atoms with E-state index < -0.39 is 29.7 Å². The summed E-state index contributed by atoms with van der Waals surface area (Å²) in [6.07, 6.45) is 0.0256. The summed E-state index contributed by atoms with van der Waals surface area (Å²) in [7, 11) is -0.759. The second-order valence-corrected chi connectivity index (χ2v) is 8.21. The topological polar surface area (TPSA) is 44.8 Å². The molecule has 1 aliphatic rings. The number of hydrogen-bond acceptors (Lipinski definition) is 4. The maximum absolute atomic E-state index is 14.5. The number of halogens is 1. The van der Waals surface area contributed by atoms with Crippen LogP contribution in [0.5, 0.6) is 0 Å². The Morgan fingerprint density at radius 3 is 2.17 bits per heavy atom. The van der Waals surface area contributed by atoms with Gasteiger partial charge in [0.05, 0.1) is 17.6 Å². The molecule has 0 N–H and O–H groups in total. The predicted octanol–water partition coefficient (Wildman–Crippen LogP) is 3.01. The van der Waals surface area contributed by atoms with Gasteiger partial charge in [0.1, 0.15) is 11.4 Å². The van der Waals surface area contributed by atoms with Crippen LogP contribution in [0, 0.1) is 5.82 Å². The first-order chi connectivity index (χ1) is 10.8. The third kappa shape index (κ3) is 4.17. The molecule has 0 radical (unpaired) electrons. The van der Waals surface area contributed by atoms with Gasteiger partial charge in [-0.3, -0.25) is 4.79 Å². The number of ether oxygens (including phenoxy) is 1. The molecule has 1 fully saturated rings. The highest BCUT2D eigenvalue weighted by Gasteiger charge is 2.52. The van der Waals surface area contributed by atoms with Crippen LogP contribution in [0.3, 0.4) is 0 Å². The van der Waals surface area contributed by atoms with Gasteiger partial charge < -0.3 is 14.0 Å². The Labute approximate surface area is 143 Å². The summed E-state index contributed by atoms with van der Waals surface area (Å²) in [6.45, 7) is 13.1. The van der Waals surface area contributed by atoms with Crippen molar-refractivity contribution in [3.8, 4) is 0 Å². The van der Waals surface area contributed by atoms with Crippen LogP contribution in [0.25, 0.3) is 0 Å². The van der Waals surface area contributed by atoms with E-state index >= 15 is 0 Å². The zero-order chi connectivity index (χ0) is 18.3. The Bertz CT molecular complexity index is 618. The fraction of sp³-hybridized carbons (Fsp3) is 0.611. The van der Waals surface area contributed by atoms with Crippen molar-refractivity contribution in [2.75, 3.05) is 0 Å². The zero-order valence-corrected chi connectivity index (χ0v) is 15.5. The number of benzene rings is 1. The van der Waals surface area contributed by atoms with E-state index in [2.05, 4.69) is 0 Å². The van der Waals surface area contributed by atoms with Crippen LogP contribution in [0.1, 0.15) is 54.0 Å². The zero-order valence-electron chi connectivity index (χ0n) is 15.5. The summed E-state index contributed by atoms with van der Waals surface area (Å²) >= 11 is 0. The molecule has 1 aromatic rings. The molecule has 24 heavy (non-hydrogen) atoms. The highest BCUT2D eigenvalue weighted by molar-refractivity contribution is 6.62. The molecule has 1 heterocycles. The molecular formula is C18H26BFO4. The van der Waals surface area contributed by atoms with Crippen molar-refractivity contribution < 1.29 is 23.2 Å². The molecule has 1 aliphatic heterocycles. The second kappa shape index (κ2) is 6.15. The molecule has 1 aromatic carbocycles. The van der Waals surface area contributed by atoms with Crippen LogP contribution in [0.15, 0.2) is 18.2 Å². The minimum absolute atomic E-state index is 0.0256. The van der Waals surface area contributed by atoms with E-state index in [1.54, 1.807) is 32.9 Å². The first-order valence-corrected chi connectivity index (χ1v) is 8.16. The van der Waals surface area contributed by atoms with Crippen molar-refractivity contribution in [3.63, 3.8) is 0 Å². The second-order valence-electron chi connectivity index (χ2n) is 8.21. The highest BCUT2D eigenvalue weighted by atomic mass is 19.1. The van der Waals surface area contributed by atoms with Crippen LogP contribution in [0.2, 0.25) is 0 Å². The average Bonchev–Trinajstić information content (AvgIpc) is 2.55. The van der Waals surface area contributed by atoms with Crippen molar-refractivity contribution in [2.24, 2.45) is 0 Å². The molecule has 0 aliphatic carbocycles. The van der Waals surface area contributed by atoms with Crippen LogP contribution in [0.4, 0.5) is 4.39 Å². The first-order valence-electron chi connectivity index (χ1n) is 8.16. The van der Waals surface area contributed by atoms with Gasteiger partial charge in [-0.1, -0.05) is 12.1 Å². The Balaban J connectivity index is 2.13.